The molecule has 2 unspecified atom stereocenters. The number of aromatic nitrogens is 5. The number of rotatable bonds is 6. The number of morpholine rings is 1. The maximum Gasteiger partial charge on any atom is 0.300 e. The fourth-order valence-corrected chi connectivity index (χ4v) is 4.11. The molecule has 2 aliphatic heterocycles. The summed E-state index contributed by atoms with van der Waals surface area (Å²) in [6.45, 7) is 2.39. The molecule has 6 heterocycles. The molecule has 2 saturated heterocycles. The standard InChI is InChI=1S/C19H18N8O4/c20-16(28)15-1-10(7-30-15)14-4-21-17(18-23-9-24-27(14)18)25-19-22-3-13(31-19)6-26-5-12-2-11(26)8-29-12/h1,3-4,7,9,11-12H,2,5-6,8H2,(H2,20,28)(H,21,22,25). The number of anilines is 2. The van der Waals surface area contributed by atoms with Gasteiger partial charge in [0.05, 0.1) is 37.3 Å². The summed E-state index contributed by atoms with van der Waals surface area (Å²) in [6, 6.07) is 2.30. The van der Waals surface area contributed by atoms with Crippen LogP contribution < -0.4 is 11.1 Å². The lowest BCUT2D eigenvalue weighted by Crippen LogP contribution is -2.36. The molecule has 12 heteroatoms. The van der Waals surface area contributed by atoms with Gasteiger partial charge in [0, 0.05) is 18.2 Å². The molecular weight excluding hydrogens is 404 g/mol. The molecule has 0 saturated carbocycles. The molecule has 0 spiro atoms. The van der Waals surface area contributed by atoms with Crippen molar-refractivity contribution in [3.05, 3.63) is 42.6 Å². The second kappa shape index (κ2) is 6.89. The van der Waals surface area contributed by atoms with E-state index in [4.69, 9.17) is 19.3 Å². The molecule has 6 rings (SSSR count). The Labute approximate surface area is 175 Å². The lowest BCUT2D eigenvalue weighted by atomic mass is 10.2. The van der Waals surface area contributed by atoms with E-state index in [1.54, 1.807) is 16.9 Å². The van der Waals surface area contributed by atoms with E-state index in [-0.39, 0.29) is 5.76 Å². The van der Waals surface area contributed by atoms with Crippen LogP contribution >= 0.6 is 0 Å². The second-order valence-corrected chi connectivity index (χ2v) is 7.58. The molecule has 1 amide bonds. The molecule has 0 radical (unpaired) electrons. The van der Waals surface area contributed by atoms with Gasteiger partial charge in [-0.05, 0) is 12.5 Å². The minimum Gasteiger partial charge on any atom is -0.458 e. The van der Waals surface area contributed by atoms with Gasteiger partial charge in [0.25, 0.3) is 5.91 Å². The average Bonchev–Trinajstić information content (AvgIpc) is 3.55. The van der Waals surface area contributed by atoms with Gasteiger partial charge in [0.2, 0.25) is 0 Å². The number of nitrogens with two attached hydrogens (primary N) is 1. The SMILES string of the molecule is NC(=O)c1cc(-c2cnc(Nc3ncc(CN4CC5CC4CO5)o3)c3ncnn23)co1. The van der Waals surface area contributed by atoms with Crippen LogP contribution in [0.25, 0.3) is 16.9 Å². The minimum atomic E-state index is -0.652. The molecule has 158 valence electrons. The number of amides is 1. The lowest BCUT2D eigenvalue weighted by molar-refractivity contribution is 0.0249. The van der Waals surface area contributed by atoms with Crippen molar-refractivity contribution < 1.29 is 18.4 Å². The highest BCUT2D eigenvalue weighted by Crippen LogP contribution is 2.30. The summed E-state index contributed by atoms with van der Waals surface area (Å²) in [5.41, 5.74) is 6.92. The fraction of sp³-hybridized carbons (Fsp3) is 0.316. The van der Waals surface area contributed by atoms with E-state index in [1.807, 2.05) is 0 Å². The molecule has 4 aromatic heterocycles. The summed E-state index contributed by atoms with van der Waals surface area (Å²) in [7, 11) is 0. The first-order valence-corrected chi connectivity index (χ1v) is 9.79. The van der Waals surface area contributed by atoms with Crippen molar-refractivity contribution in [2.45, 2.75) is 25.1 Å². The second-order valence-electron chi connectivity index (χ2n) is 7.58. The van der Waals surface area contributed by atoms with Gasteiger partial charge in [0.1, 0.15) is 18.4 Å². The number of primary amides is 1. The Hall–Kier alpha value is -3.77. The summed E-state index contributed by atoms with van der Waals surface area (Å²) < 4.78 is 18.3. The van der Waals surface area contributed by atoms with E-state index in [1.165, 1.54) is 18.7 Å². The third-order valence-electron chi connectivity index (χ3n) is 5.59. The molecule has 2 atom stereocenters. The molecule has 12 nitrogen and oxygen atoms in total. The Morgan fingerprint density at radius 1 is 1.29 bits per heavy atom. The van der Waals surface area contributed by atoms with Gasteiger partial charge in [0.15, 0.2) is 17.2 Å². The molecule has 31 heavy (non-hydrogen) atoms. The smallest absolute Gasteiger partial charge is 0.300 e. The van der Waals surface area contributed by atoms with E-state index in [0.29, 0.717) is 47.4 Å². The van der Waals surface area contributed by atoms with Crippen LogP contribution in [0.4, 0.5) is 11.8 Å². The Morgan fingerprint density at radius 3 is 3.00 bits per heavy atom. The Balaban J connectivity index is 1.24. The van der Waals surface area contributed by atoms with Gasteiger partial charge in [-0.3, -0.25) is 15.0 Å². The molecule has 0 aliphatic carbocycles. The van der Waals surface area contributed by atoms with Crippen LogP contribution in [0.15, 0.2) is 39.9 Å². The number of ether oxygens (including phenoxy) is 1. The van der Waals surface area contributed by atoms with E-state index in [2.05, 4.69) is 30.3 Å². The van der Waals surface area contributed by atoms with Crippen LogP contribution in [0.5, 0.6) is 0 Å². The number of nitrogens with zero attached hydrogens (tertiary/aromatic N) is 6. The quantitative estimate of drug-likeness (QED) is 0.464. The Morgan fingerprint density at radius 2 is 2.23 bits per heavy atom. The normalized spacial score (nSPS) is 20.6. The summed E-state index contributed by atoms with van der Waals surface area (Å²) in [5.74, 6) is 0.598. The van der Waals surface area contributed by atoms with E-state index in [0.717, 1.165) is 25.3 Å². The van der Waals surface area contributed by atoms with Gasteiger partial charge in [-0.15, -0.1) is 0 Å². The van der Waals surface area contributed by atoms with Crippen molar-refractivity contribution in [1.82, 2.24) is 29.5 Å². The first kappa shape index (κ1) is 18.0. The van der Waals surface area contributed by atoms with E-state index in [9.17, 15) is 4.79 Å². The van der Waals surface area contributed by atoms with Crippen LogP contribution in [0.1, 0.15) is 22.7 Å². The zero-order valence-electron chi connectivity index (χ0n) is 16.3. The zero-order valence-corrected chi connectivity index (χ0v) is 16.3. The first-order chi connectivity index (χ1) is 15.1. The highest BCUT2D eigenvalue weighted by Gasteiger charge is 2.39. The van der Waals surface area contributed by atoms with Crippen LogP contribution in [0.2, 0.25) is 0 Å². The molecule has 2 aliphatic rings. The highest BCUT2D eigenvalue weighted by atomic mass is 16.5. The average molecular weight is 422 g/mol. The molecule has 2 fully saturated rings. The van der Waals surface area contributed by atoms with Gasteiger partial charge in [-0.25, -0.2) is 19.5 Å². The number of furan rings is 1. The number of carbonyl (C=O) groups excluding carboxylic acids is 1. The molecule has 3 N–H and O–H groups in total. The highest BCUT2D eigenvalue weighted by molar-refractivity contribution is 5.91. The van der Waals surface area contributed by atoms with Crippen molar-refractivity contribution in [3.63, 3.8) is 0 Å². The number of likely N-dealkylation sites (tertiary alicyclic amines) is 1. The Kier molecular flexibility index (Phi) is 4.01. The van der Waals surface area contributed by atoms with Crippen molar-refractivity contribution in [2.75, 3.05) is 18.5 Å². The van der Waals surface area contributed by atoms with Crippen LogP contribution in [0, 0.1) is 0 Å². The third-order valence-corrected chi connectivity index (χ3v) is 5.59. The minimum absolute atomic E-state index is 0.0515. The lowest BCUT2D eigenvalue weighted by Gasteiger charge is -2.25. The largest absolute Gasteiger partial charge is 0.458 e. The molecular formula is C19H18N8O4. The number of oxazole rings is 1. The van der Waals surface area contributed by atoms with Crippen LogP contribution in [-0.4, -0.2) is 60.7 Å². The maximum absolute atomic E-state index is 11.3. The maximum atomic E-state index is 11.3. The fourth-order valence-electron chi connectivity index (χ4n) is 4.11. The van der Waals surface area contributed by atoms with Gasteiger partial charge < -0.3 is 19.3 Å². The predicted octanol–water partition coefficient (Wildman–Crippen LogP) is 1.19. The zero-order chi connectivity index (χ0) is 20.9. The van der Waals surface area contributed by atoms with Crippen LogP contribution in [-0.2, 0) is 11.3 Å². The van der Waals surface area contributed by atoms with Gasteiger partial charge >= 0.3 is 6.01 Å². The first-order valence-electron chi connectivity index (χ1n) is 9.79. The van der Waals surface area contributed by atoms with Crippen molar-refractivity contribution >= 4 is 23.4 Å². The van der Waals surface area contributed by atoms with E-state index >= 15 is 0 Å². The molecule has 2 bridgehead atoms. The number of hydrogen-bond acceptors (Lipinski definition) is 10. The number of hydrogen-bond donors (Lipinski definition) is 2. The predicted molar refractivity (Wildman–Crippen MR) is 105 cm³/mol. The third kappa shape index (κ3) is 3.12. The van der Waals surface area contributed by atoms with E-state index < -0.39 is 5.91 Å². The number of nitrogens with one attached hydrogen (secondary N) is 1. The van der Waals surface area contributed by atoms with Gasteiger partial charge in [-0.2, -0.15) is 5.10 Å². The topological polar surface area (TPSA) is 150 Å². The summed E-state index contributed by atoms with van der Waals surface area (Å²) in [6.07, 6.45) is 7.54. The summed E-state index contributed by atoms with van der Waals surface area (Å²) >= 11 is 0. The Bertz CT molecular complexity index is 1280. The number of fused-ring (bicyclic) bond motifs is 3. The monoisotopic (exact) mass is 422 g/mol. The van der Waals surface area contributed by atoms with Crippen LogP contribution in [0.3, 0.4) is 0 Å². The van der Waals surface area contributed by atoms with Gasteiger partial charge in [-0.1, -0.05) is 0 Å². The van der Waals surface area contributed by atoms with Crippen molar-refractivity contribution in [1.29, 1.82) is 0 Å². The summed E-state index contributed by atoms with van der Waals surface area (Å²) in [4.78, 5) is 26.7. The number of carbonyl (C=O) groups is 1. The molecule has 0 aromatic carbocycles. The van der Waals surface area contributed by atoms with Crippen molar-refractivity contribution in [3.8, 4) is 11.3 Å². The van der Waals surface area contributed by atoms with Crippen molar-refractivity contribution in [2.24, 2.45) is 5.73 Å². The molecule has 4 aromatic rings. The summed E-state index contributed by atoms with van der Waals surface area (Å²) in [5, 5.41) is 7.31.